The molecule has 0 aliphatic rings. The number of ether oxygens (including phenoxy) is 4. The van der Waals surface area contributed by atoms with Gasteiger partial charge in [-0.2, -0.15) is 0 Å². The van der Waals surface area contributed by atoms with Crippen molar-refractivity contribution >= 4 is 0 Å². The third-order valence-corrected chi connectivity index (χ3v) is 5.63. The first-order valence-electron chi connectivity index (χ1n) is 11.3. The highest BCUT2D eigenvalue weighted by molar-refractivity contribution is 5.71. The second kappa shape index (κ2) is 11.3. The van der Waals surface area contributed by atoms with Gasteiger partial charge in [-0.05, 0) is 52.6 Å². The Morgan fingerprint density at radius 1 is 0.676 bits per heavy atom. The monoisotopic (exact) mass is 453 g/mol. The highest BCUT2D eigenvalue weighted by atomic mass is 16.5. The van der Waals surface area contributed by atoms with Crippen LogP contribution in [0.25, 0.3) is 11.1 Å². The highest BCUT2D eigenvalue weighted by Crippen LogP contribution is 2.41. The summed E-state index contributed by atoms with van der Waals surface area (Å²) < 4.78 is 22.9. The van der Waals surface area contributed by atoms with Crippen LogP contribution >= 0.6 is 0 Å². The zero-order valence-corrected chi connectivity index (χ0v) is 19.8. The van der Waals surface area contributed by atoms with Crippen LogP contribution in [0.5, 0.6) is 23.0 Å². The Morgan fingerprint density at radius 3 is 1.94 bits per heavy atom. The van der Waals surface area contributed by atoms with Crippen LogP contribution in [0.1, 0.15) is 11.1 Å². The molecule has 0 bridgehead atoms. The van der Waals surface area contributed by atoms with Crippen molar-refractivity contribution in [1.82, 2.24) is 0 Å². The summed E-state index contributed by atoms with van der Waals surface area (Å²) in [6.07, 6.45) is 1.50. The standard InChI is InChI=1S/C30H29O4/c1-31-28-20-25(21-29(32-2)30(28)33-3)24-14-10-13-23(17-24)19-27(18-22-11-6-4-7-12-22)34-26-15-8-5-9-16-26/h4-16,20-21,27H,18-19H2,1-3H3. The van der Waals surface area contributed by atoms with Gasteiger partial charge >= 0.3 is 0 Å². The Bertz CT molecular complexity index is 1120. The van der Waals surface area contributed by atoms with E-state index in [0.29, 0.717) is 17.2 Å². The van der Waals surface area contributed by atoms with Gasteiger partial charge in [0.15, 0.2) is 11.5 Å². The Labute approximate surface area is 201 Å². The zero-order valence-electron chi connectivity index (χ0n) is 19.8. The fraction of sp³-hybridized carbons (Fsp3) is 0.200. The first-order chi connectivity index (χ1) is 16.7. The van der Waals surface area contributed by atoms with E-state index in [-0.39, 0.29) is 6.10 Å². The quantitative estimate of drug-likeness (QED) is 0.278. The molecule has 1 atom stereocenters. The molecule has 0 aromatic heterocycles. The number of para-hydroxylation sites is 1. The SMILES string of the molecule is COc1cc(-c2[c]c(CC(Cc3ccccc3)Oc3ccccc3)ccc2)cc(OC)c1OC. The topological polar surface area (TPSA) is 36.9 Å². The first kappa shape index (κ1) is 23.2. The molecule has 0 aliphatic carbocycles. The smallest absolute Gasteiger partial charge is 0.203 e. The number of hydrogen-bond acceptors (Lipinski definition) is 4. The van der Waals surface area contributed by atoms with Gasteiger partial charge in [0, 0.05) is 12.8 Å². The summed E-state index contributed by atoms with van der Waals surface area (Å²) in [6, 6.07) is 34.0. The van der Waals surface area contributed by atoms with E-state index in [2.05, 4.69) is 36.4 Å². The maximum Gasteiger partial charge on any atom is 0.203 e. The van der Waals surface area contributed by atoms with Crippen LogP contribution in [0.4, 0.5) is 0 Å². The summed E-state index contributed by atoms with van der Waals surface area (Å²) in [4.78, 5) is 0. The van der Waals surface area contributed by atoms with Gasteiger partial charge in [-0.3, -0.25) is 0 Å². The summed E-state index contributed by atoms with van der Waals surface area (Å²) in [5, 5.41) is 0. The zero-order chi connectivity index (χ0) is 23.8. The van der Waals surface area contributed by atoms with Gasteiger partial charge in [0.1, 0.15) is 11.9 Å². The van der Waals surface area contributed by atoms with E-state index in [4.69, 9.17) is 18.9 Å². The molecule has 173 valence electrons. The van der Waals surface area contributed by atoms with Crippen molar-refractivity contribution in [3.05, 3.63) is 108 Å². The van der Waals surface area contributed by atoms with Crippen LogP contribution in [0.15, 0.2) is 91.0 Å². The Morgan fingerprint density at radius 2 is 1.32 bits per heavy atom. The van der Waals surface area contributed by atoms with Crippen LogP contribution in [-0.2, 0) is 12.8 Å². The molecule has 4 aromatic carbocycles. The van der Waals surface area contributed by atoms with Crippen molar-refractivity contribution < 1.29 is 18.9 Å². The van der Waals surface area contributed by atoms with E-state index in [1.54, 1.807) is 21.3 Å². The maximum absolute atomic E-state index is 6.39. The lowest BCUT2D eigenvalue weighted by Crippen LogP contribution is -2.22. The van der Waals surface area contributed by atoms with Gasteiger partial charge in [0.05, 0.1) is 21.3 Å². The van der Waals surface area contributed by atoms with Crippen LogP contribution in [0.2, 0.25) is 0 Å². The van der Waals surface area contributed by atoms with E-state index in [0.717, 1.165) is 35.3 Å². The lowest BCUT2D eigenvalue weighted by molar-refractivity contribution is 0.202. The molecular formula is C30H29O4. The summed E-state index contributed by atoms with van der Waals surface area (Å²) in [5.41, 5.74) is 4.21. The molecule has 0 fully saturated rings. The van der Waals surface area contributed by atoms with Crippen molar-refractivity contribution in [2.24, 2.45) is 0 Å². The molecule has 34 heavy (non-hydrogen) atoms. The molecule has 4 aromatic rings. The predicted molar refractivity (Wildman–Crippen MR) is 135 cm³/mol. The first-order valence-corrected chi connectivity index (χ1v) is 11.3. The molecular weight excluding hydrogens is 424 g/mol. The Hall–Kier alpha value is -3.92. The molecule has 0 heterocycles. The van der Waals surface area contributed by atoms with E-state index in [1.807, 2.05) is 60.7 Å². The second-order valence-corrected chi connectivity index (χ2v) is 7.95. The van der Waals surface area contributed by atoms with E-state index >= 15 is 0 Å². The molecule has 0 amide bonds. The van der Waals surface area contributed by atoms with Gasteiger partial charge in [-0.15, -0.1) is 0 Å². The third kappa shape index (κ3) is 5.70. The minimum atomic E-state index is -0.0313. The van der Waals surface area contributed by atoms with Crippen molar-refractivity contribution in [3.8, 4) is 34.1 Å². The maximum atomic E-state index is 6.39. The fourth-order valence-corrected chi connectivity index (χ4v) is 4.01. The summed E-state index contributed by atoms with van der Waals surface area (Å²) in [7, 11) is 4.85. The minimum absolute atomic E-state index is 0.0313. The van der Waals surface area contributed by atoms with Crippen molar-refractivity contribution in [2.45, 2.75) is 18.9 Å². The lowest BCUT2D eigenvalue weighted by Gasteiger charge is -2.20. The molecule has 0 saturated carbocycles. The van der Waals surface area contributed by atoms with E-state index < -0.39 is 0 Å². The number of hydrogen-bond donors (Lipinski definition) is 0. The van der Waals surface area contributed by atoms with E-state index in [1.165, 1.54) is 5.56 Å². The van der Waals surface area contributed by atoms with Gasteiger partial charge in [-0.25, -0.2) is 0 Å². The fourth-order valence-electron chi connectivity index (χ4n) is 4.01. The Kier molecular flexibility index (Phi) is 7.71. The predicted octanol–water partition coefficient (Wildman–Crippen LogP) is 6.41. The van der Waals surface area contributed by atoms with Crippen LogP contribution < -0.4 is 18.9 Å². The van der Waals surface area contributed by atoms with Crippen LogP contribution in [0, 0.1) is 6.07 Å². The van der Waals surface area contributed by atoms with Gasteiger partial charge in [0.25, 0.3) is 0 Å². The highest BCUT2D eigenvalue weighted by Gasteiger charge is 2.16. The molecule has 4 nitrogen and oxygen atoms in total. The van der Waals surface area contributed by atoms with Crippen LogP contribution in [-0.4, -0.2) is 27.4 Å². The number of rotatable bonds is 10. The van der Waals surface area contributed by atoms with Gasteiger partial charge < -0.3 is 18.9 Å². The largest absolute Gasteiger partial charge is 0.493 e. The molecule has 0 aliphatic heterocycles. The third-order valence-electron chi connectivity index (χ3n) is 5.63. The molecule has 0 N–H and O–H groups in total. The molecule has 0 spiro atoms. The molecule has 0 saturated heterocycles. The van der Waals surface area contributed by atoms with Crippen molar-refractivity contribution in [2.75, 3.05) is 21.3 Å². The number of benzene rings is 4. The Balaban J connectivity index is 1.62. The molecule has 4 rings (SSSR count). The molecule has 1 unspecified atom stereocenters. The van der Waals surface area contributed by atoms with Gasteiger partial charge in [-0.1, -0.05) is 66.7 Å². The molecule has 1 radical (unpaired) electrons. The van der Waals surface area contributed by atoms with E-state index in [9.17, 15) is 0 Å². The lowest BCUT2D eigenvalue weighted by atomic mass is 9.97. The summed E-state index contributed by atoms with van der Waals surface area (Å²) in [6.45, 7) is 0. The van der Waals surface area contributed by atoms with Crippen molar-refractivity contribution in [1.29, 1.82) is 0 Å². The normalized spacial score (nSPS) is 11.5. The second-order valence-electron chi connectivity index (χ2n) is 7.95. The average molecular weight is 454 g/mol. The number of methoxy groups -OCH3 is 3. The average Bonchev–Trinajstić information content (AvgIpc) is 2.89. The molecule has 4 heteroatoms. The van der Waals surface area contributed by atoms with Gasteiger partial charge in [0.2, 0.25) is 5.75 Å². The minimum Gasteiger partial charge on any atom is -0.493 e. The summed E-state index contributed by atoms with van der Waals surface area (Å²) in [5.74, 6) is 2.67. The summed E-state index contributed by atoms with van der Waals surface area (Å²) >= 11 is 0. The van der Waals surface area contributed by atoms with Crippen LogP contribution in [0.3, 0.4) is 0 Å². The van der Waals surface area contributed by atoms with Crippen molar-refractivity contribution in [3.63, 3.8) is 0 Å².